The second-order valence-electron chi connectivity index (χ2n) is 5.34. The molecule has 0 saturated carbocycles. The lowest BCUT2D eigenvalue weighted by Gasteiger charge is -2.35. The van der Waals surface area contributed by atoms with Gasteiger partial charge in [0.15, 0.2) is 0 Å². The third-order valence-corrected chi connectivity index (χ3v) is 6.36. The largest absolute Gasteiger partial charge is 0.343 e. The van der Waals surface area contributed by atoms with Crippen molar-refractivity contribution in [3.05, 3.63) is 29.0 Å². The average molecular weight is 349 g/mol. The van der Waals surface area contributed by atoms with Gasteiger partial charge >= 0.3 is 0 Å². The lowest BCUT2D eigenvalue weighted by atomic mass is 10.1. The van der Waals surface area contributed by atoms with Crippen LogP contribution in [0.5, 0.6) is 0 Å². The zero-order valence-electron chi connectivity index (χ0n) is 12.4. The van der Waals surface area contributed by atoms with E-state index >= 15 is 0 Å². The van der Waals surface area contributed by atoms with E-state index in [1.54, 1.807) is 11.9 Å². The quantitative estimate of drug-likeness (QED) is 0.840. The van der Waals surface area contributed by atoms with Crippen LogP contribution in [0.4, 0.5) is 4.39 Å². The molecule has 0 aromatic heterocycles. The third-order valence-electron chi connectivity index (χ3n) is 3.98. The Hall–Kier alpha value is -1.18. The van der Waals surface area contributed by atoms with Gasteiger partial charge in [-0.1, -0.05) is 11.6 Å². The summed E-state index contributed by atoms with van der Waals surface area (Å²) in [6.45, 7) is 2.10. The minimum atomic E-state index is -3.75. The molecule has 1 aliphatic rings. The maximum absolute atomic E-state index is 13.1. The van der Waals surface area contributed by atoms with Gasteiger partial charge in [0.05, 0.1) is 5.02 Å². The summed E-state index contributed by atoms with van der Waals surface area (Å²) < 4.78 is 39.5. The fourth-order valence-electron chi connectivity index (χ4n) is 2.55. The molecule has 0 bridgehead atoms. The van der Waals surface area contributed by atoms with Crippen molar-refractivity contribution in [2.75, 3.05) is 20.1 Å². The monoisotopic (exact) mass is 348 g/mol. The van der Waals surface area contributed by atoms with Gasteiger partial charge in [0.1, 0.15) is 10.7 Å². The number of nitrogens with zero attached hydrogens (tertiary/aromatic N) is 2. The van der Waals surface area contributed by atoms with Crippen LogP contribution >= 0.6 is 11.6 Å². The highest BCUT2D eigenvalue weighted by Gasteiger charge is 2.32. The molecule has 1 aliphatic heterocycles. The normalized spacial score (nSPS) is 17.5. The summed E-state index contributed by atoms with van der Waals surface area (Å²) in [5.41, 5.74) is 0. The second-order valence-corrected chi connectivity index (χ2v) is 7.65. The molecule has 0 radical (unpaired) electrons. The fraction of sp³-hybridized carbons (Fsp3) is 0.500. The molecule has 5 nitrogen and oxygen atoms in total. The van der Waals surface area contributed by atoms with Crippen LogP contribution < -0.4 is 0 Å². The molecule has 0 atom stereocenters. The van der Waals surface area contributed by atoms with E-state index in [4.69, 9.17) is 11.6 Å². The molecule has 0 N–H and O–H groups in total. The number of sulfonamides is 1. The maximum Gasteiger partial charge on any atom is 0.244 e. The van der Waals surface area contributed by atoms with Crippen molar-refractivity contribution in [3.8, 4) is 0 Å². The Balaban J connectivity index is 2.14. The van der Waals surface area contributed by atoms with Crippen molar-refractivity contribution in [1.29, 1.82) is 0 Å². The topological polar surface area (TPSA) is 57.7 Å². The summed E-state index contributed by atoms with van der Waals surface area (Å²) in [6, 6.07) is 3.29. The second kappa shape index (κ2) is 6.52. The van der Waals surface area contributed by atoms with Crippen molar-refractivity contribution < 1.29 is 17.6 Å². The minimum absolute atomic E-state index is 0.0349. The summed E-state index contributed by atoms with van der Waals surface area (Å²) in [4.78, 5) is 12.9. The van der Waals surface area contributed by atoms with Crippen molar-refractivity contribution in [2.24, 2.45) is 0 Å². The smallest absolute Gasteiger partial charge is 0.244 e. The lowest BCUT2D eigenvalue weighted by Crippen LogP contribution is -2.46. The third kappa shape index (κ3) is 3.42. The van der Waals surface area contributed by atoms with Crippen LogP contribution in [0.15, 0.2) is 23.1 Å². The van der Waals surface area contributed by atoms with Gasteiger partial charge in [-0.2, -0.15) is 4.31 Å². The Morgan fingerprint density at radius 1 is 1.36 bits per heavy atom. The number of hydrogen-bond donors (Lipinski definition) is 0. The molecular weight excluding hydrogens is 331 g/mol. The Morgan fingerprint density at radius 2 is 1.95 bits per heavy atom. The number of hydrogen-bond acceptors (Lipinski definition) is 3. The predicted molar refractivity (Wildman–Crippen MR) is 81.6 cm³/mol. The number of carbonyl (C=O) groups excluding carboxylic acids is 1. The number of carbonyl (C=O) groups is 1. The SMILES string of the molecule is CC(=O)N(C)C1CCN(S(=O)(=O)c2ccc(F)cc2Cl)CC1. The van der Waals surface area contributed by atoms with E-state index in [0.29, 0.717) is 25.9 Å². The number of piperidine rings is 1. The number of halogens is 2. The predicted octanol–water partition coefficient (Wildman–Crippen LogP) is 2.11. The average Bonchev–Trinajstić information content (AvgIpc) is 2.46. The van der Waals surface area contributed by atoms with Crippen LogP contribution in [0, 0.1) is 5.82 Å². The summed E-state index contributed by atoms with van der Waals surface area (Å²) in [7, 11) is -2.03. The van der Waals surface area contributed by atoms with Crippen LogP contribution in [0.2, 0.25) is 5.02 Å². The van der Waals surface area contributed by atoms with Crippen LogP contribution in [0.3, 0.4) is 0 Å². The van der Waals surface area contributed by atoms with Crippen LogP contribution in [-0.2, 0) is 14.8 Å². The molecule has 8 heteroatoms. The number of rotatable bonds is 3. The molecular formula is C14H18ClFN2O3S. The molecule has 0 unspecified atom stereocenters. The Bertz CT molecular complexity index is 673. The summed E-state index contributed by atoms with van der Waals surface area (Å²) in [5.74, 6) is -0.617. The Morgan fingerprint density at radius 3 is 2.45 bits per heavy atom. The zero-order chi connectivity index (χ0) is 16.5. The Labute approximate surface area is 134 Å². The molecule has 1 aromatic carbocycles. The molecule has 1 heterocycles. The maximum atomic E-state index is 13.1. The fourth-order valence-corrected chi connectivity index (χ4v) is 4.53. The van der Waals surface area contributed by atoms with Gasteiger partial charge < -0.3 is 4.90 Å². The van der Waals surface area contributed by atoms with E-state index in [0.717, 1.165) is 12.1 Å². The first-order valence-corrected chi connectivity index (χ1v) is 8.74. The molecule has 0 spiro atoms. The standard InChI is InChI=1S/C14H18ClFN2O3S/c1-10(19)17(2)12-5-7-18(8-6-12)22(20,21)14-4-3-11(16)9-13(14)15/h3-4,9,12H,5-8H2,1-2H3. The molecule has 2 rings (SSSR count). The molecule has 22 heavy (non-hydrogen) atoms. The molecule has 1 fully saturated rings. The van der Waals surface area contributed by atoms with E-state index < -0.39 is 15.8 Å². The van der Waals surface area contributed by atoms with Crippen LogP contribution in [0.25, 0.3) is 0 Å². The minimum Gasteiger partial charge on any atom is -0.343 e. The summed E-state index contributed by atoms with van der Waals surface area (Å²) >= 11 is 5.86. The number of benzene rings is 1. The van der Waals surface area contributed by atoms with Crippen molar-refractivity contribution >= 4 is 27.5 Å². The van der Waals surface area contributed by atoms with Gasteiger partial charge in [-0.05, 0) is 31.0 Å². The van der Waals surface area contributed by atoms with Gasteiger partial charge in [0.25, 0.3) is 0 Å². The highest BCUT2D eigenvalue weighted by atomic mass is 35.5. The molecule has 1 amide bonds. The van der Waals surface area contributed by atoms with Gasteiger partial charge in [-0.15, -0.1) is 0 Å². The summed E-state index contributed by atoms with van der Waals surface area (Å²) in [5, 5.41) is -0.122. The lowest BCUT2D eigenvalue weighted by molar-refractivity contribution is -0.130. The molecule has 1 aromatic rings. The number of amides is 1. The Kier molecular flexibility index (Phi) is 5.09. The van der Waals surface area contributed by atoms with Gasteiger partial charge in [0.2, 0.25) is 15.9 Å². The molecule has 1 saturated heterocycles. The highest BCUT2D eigenvalue weighted by Crippen LogP contribution is 2.28. The van der Waals surface area contributed by atoms with E-state index in [1.165, 1.54) is 17.3 Å². The molecule has 0 aliphatic carbocycles. The van der Waals surface area contributed by atoms with Crippen molar-refractivity contribution in [3.63, 3.8) is 0 Å². The van der Waals surface area contributed by atoms with Crippen molar-refractivity contribution in [2.45, 2.75) is 30.7 Å². The first-order chi connectivity index (χ1) is 10.2. The van der Waals surface area contributed by atoms with Crippen LogP contribution in [-0.4, -0.2) is 49.7 Å². The van der Waals surface area contributed by atoms with Crippen molar-refractivity contribution in [1.82, 2.24) is 9.21 Å². The highest BCUT2D eigenvalue weighted by molar-refractivity contribution is 7.89. The zero-order valence-corrected chi connectivity index (χ0v) is 14.0. The van der Waals surface area contributed by atoms with E-state index in [2.05, 4.69) is 0 Å². The van der Waals surface area contributed by atoms with E-state index in [1.807, 2.05) is 0 Å². The van der Waals surface area contributed by atoms with Crippen LogP contribution in [0.1, 0.15) is 19.8 Å². The van der Waals surface area contributed by atoms with E-state index in [9.17, 15) is 17.6 Å². The van der Waals surface area contributed by atoms with E-state index in [-0.39, 0.29) is 21.9 Å². The van der Waals surface area contributed by atoms with Gasteiger partial charge in [-0.25, -0.2) is 12.8 Å². The van der Waals surface area contributed by atoms with Gasteiger partial charge in [0, 0.05) is 33.1 Å². The first kappa shape index (κ1) is 17.2. The summed E-state index contributed by atoms with van der Waals surface area (Å²) in [6.07, 6.45) is 1.13. The molecule has 122 valence electrons. The first-order valence-electron chi connectivity index (χ1n) is 6.92. The van der Waals surface area contributed by atoms with Gasteiger partial charge in [-0.3, -0.25) is 4.79 Å².